The fraction of sp³-hybridized carbons (Fsp3) is 0.176. The molecule has 5 heteroatoms. The molecular formula is C17H14N2O3. The second-order valence-electron chi connectivity index (χ2n) is 4.73. The summed E-state index contributed by atoms with van der Waals surface area (Å²) in [6.45, 7) is 0.256. The van der Waals surface area contributed by atoms with Crippen LogP contribution >= 0.6 is 0 Å². The number of nitrogens with one attached hydrogen (secondary N) is 1. The Labute approximate surface area is 128 Å². The zero-order valence-corrected chi connectivity index (χ0v) is 12.0. The van der Waals surface area contributed by atoms with E-state index in [2.05, 4.69) is 22.1 Å². The van der Waals surface area contributed by atoms with Crippen LogP contribution in [0.5, 0.6) is 5.88 Å². The van der Waals surface area contributed by atoms with Gasteiger partial charge in [0.1, 0.15) is 6.61 Å². The third kappa shape index (κ3) is 3.01. The van der Waals surface area contributed by atoms with Gasteiger partial charge in [0.15, 0.2) is 0 Å². The zero-order valence-electron chi connectivity index (χ0n) is 12.0. The molecule has 1 aromatic heterocycles. The predicted molar refractivity (Wildman–Crippen MR) is 80.4 cm³/mol. The molecule has 22 heavy (non-hydrogen) atoms. The van der Waals surface area contributed by atoms with Gasteiger partial charge in [0.05, 0.1) is 13.2 Å². The van der Waals surface area contributed by atoms with Crippen LogP contribution in [0.25, 0.3) is 0 Å². The monoisotopic (exact) mass is 294 g/mol. The molecule has 0 bridgehead atoms. The molecule has 0 saturated carbocycles. The average molecular weight is 294 g/mol. The maximum absolute atomic E-state index is 11.2. The molecule has 110 valence electrons. The summed E-state index contributed by atoms with van der Waals surface area (Å²) in [4.78, 5) is 15.4. The first-order chi connectivity index (χ1) is 10.8. The highest BCUT2D eigenvalue weighted by Crippen LogP contribution is 2.26. The smallest absolute Gasteiger partial charge is 0.407 e. The summed E-state index contributed by atoms with van der Waals surface area (Å²) in [5.74, 6) is 6.60. The van der Waals surface area contributed by atoms with E-state index in [0.29, 0.717) is 5.88 Å². The summed E-state index contributed by atoms with van der Waals surface area (Å²) in [6, 6.07) is 11.3. The number of carbonyl (C=O) groups excluding carboxylic acids is 1. The van der Waals surface area contributed by atoms with Crippen LogP contribution in [-0.2, 0) is 4.74 Å². The number of alkyl carbamates (subject to hydrolysis) is 1. The number of aromatic nitrogens is 1. The van der Waals surface area contributed by atoms with Gasteiger partial charge in [-0.15, -0.1) is 0 Å². The molecule has 0 radical (unpaired) electrons. The third-order valence-electron chi connectivity index (χ3n) is 3.25. The van der Waals surface area contributed by atoms with Crippen molar-refractivity contribution >= 4 is 6.09 Å². The first-order valence-corrected chi connectivity index (χ1v) is 6.80. The summed E-state index contributed by atoms with van der Waals surface area (Å²) in [5.41, 5.74) is 2.44. The maximum atomic E-state index is 11.2. The van der Waals surface area contributed by atoms with Gasteiger partial charge in [-0.3, -0.25) is 0 Å². The van der Waals surface area contributed by atoms with Gasteiger partial charge in [0.25, 0.3) is 0 Å². The summed E-state index contributed by atoms with van der Waals surface area (Å²) in [6.07, 6.45) is 1.21. The number of ether oxygens (including phenoxy) is 2. The van der Waals surface area contributed by atoms with E-state index >= 15 is 0 Å². The number of cyclic esters (lactones) is 1. The van der Waals surface area contributed by atoms with Crippen LogP contribution in [0.3, 0.4) is 0 Å². The third-order valence-corrected chi connectivity index (χ3v) is 3.25. The highest BCUT2D eigenvalue weighted by atomic mass is 16.6. The van der Waals surface area contributed by atoms with E-state index in [-0.39, 0.29) is 12.6 Å². The first kappa shape index (κ1) is 14.0. The van der Waals surface area contributed by atoms with Gasteiger partial charge in [-0.1, -0.05) is 30.0 Å². The molecule has 1 saturated heterocycles. The van der Waals surface area contributed by atoms with Crippen LogP contribution in [0, 0.1) is 11.8 Å². The number of carbonyl (C=O) groups is 1. The first-order valence-electron chi connectivity index (χ1n) is 6.80. The number of hydrogen-bond donors (Lipinski definition) is 1. The Hall–Kier alpha value is -3.00. The number of hydrogen-bond acceptors (Lipinski definition) is 4. The van der Waals surface area contributed by atoms with Crippen molar-refractivity contribution in [3.05, 3.63) is 59.3 Å². The Morgan fingerprint density at radius 1 is 1.27 bits per heavy atom. The minimum Gasteiger partial charge on any atom is -0.481 e. The van der Waals surface area contributed by atoms with Crippen molar-refractivity contribution in [2.24, 2.45) is 0 Å². The van der Waals surface area contributed by atoms with Crippen molar-refractivity contribution in [3.8, 4) is 17.7 Å². The summed E-state index contributed by atoms with van der Waals surface area (Å²) < 4.78 is 10.2. The number of benzene rings is 1. The van der Waals surface area contributed by atoms with E-state index in [1.165, 1.54) is 0 Å². The molecule has 0 aliphatic carbocycles. The van der Waals surface area contributed by atoms with Crippen molar-refractivity contribution in [1.29, 1.82) is 0 Å². The molecule has 1 aliphatic heterocycles. The fourth-order valence-electron chi connectivity index (χ4n) is 2.18. The van der Waals surface area contributed by atoms with Crippen molar-refractivity contribution < 1.29 is 14.3 Å². The highest BCUT2D eigenvalue weighted by Gasteiger charge is 2.27. The number of pyridine rings is 1. The molecule has 3 rings (SSSR count). The predicted octanol–water partition coefficient (Wildman–Crippen LogP) is 2.27. The number of methoxy groups -OCH3 is 1. The van der Waals surface area contributed by atoms with Crippen molar-refractivity contribution in [1.82, 2.24) is 10.3 Å². The molecule has 1 atom stereocenters. The Bertz CT molecular complexity index is 747. The largest absolute Gasteiger partial charge is 0.481 e. The van der Waals surface area contributed by atoms with Crippen LogP contribution in [0.4, 0.5) is 4.79 Å². The van der Waals surface area contributed by atoms with Crippen LogP contribution < -0.4 is 10.1 Å². The van der Waals surface area contributed by atoms with Crippen molar-refractivity contribution in [2.45, 2.75) is 6.04 Å². The molecule has 0 unspecified atom stereocenters. The second kappa shape index (κ2) is 6.19. The molecule has 2 aromatic rings. The number of amides is 1. The fourth-order valence-corrected chi connectivity index (χ4v) is 2.18. The lowest BCUT2D eigenvalue weighted by Gasteiger charge is -2.11. The maximum Gasteiger partial charge on any atom is 0.407 e. The Kier molecular flexibility index (Phi) is 3.92. The molecule has 1 amide bonds. The quantitative estimate of drug-likeness (QED) is 0.863. The van der Waals surface area contributed by atoms with Gasteiger partial charge < -0.3 is 14.8 Å². The van der Waals surface area contributed by atoms with Gasteiger partial charge in [0.2, 0.25) is 5.88 Å². The Morgan fingerprint density at radius 2 is 2.05 bits per heavy atom. The van der Waals surface area contributed by atoms with E-state index in [4.69, 9.17) is 9.47 Å². The van der Waals surface area contributed by atoms with Gasteiger partial charge in [-0.05, 0) is 18.2 Å². The Balaban J connectivity index is 1.91. The van der Waals surface area contributed by atoms with Crippen LogP contribution in [-0.4, -0.2) is 24.8 Å². The van der Waals surface area contributed by atoms with E-state index < -0.39 is 6.09 Å². The standard InChI is InChI=1S/C17H14N2O3/c1-21-16-14(15-11-22-17(20)19-15)9-13(10-18-16)8-7-12-5-3-2-4-6-12/h2-6,9-10,15H,11H2,1H3,(H,19,20)/t15-/m0/s1. The van der Waals surface area contributed by atoms with E-state index in [1.54, 1.807) is 13.3 Å². The SMILES string of the molecule is COc1ncc(C#Cc2ccccc2)cc1[C@@H]1COC(=O)N1. The lowest BCUT2D eigenvalue weighted by molar-refractivity contribution is 0.176. The molecule has 1 fully saturated rings. The van der Waals surface area contributed by atoms with Gasteiger partial charge in [-0.2, -0.15) is 0 Å². The van der Waals surface area contributed by atoms with Crippen molar-refractivity contribution in [2.75, 3.05) is 13.7 Å². The van der Waals surface area contributed by atoms with Crippen LogP contribution in [0.1, 0.15) is 22.7 Å². The normalized spacial score (nSPS) is 16.2. The molecule has 2 heterocycles. The average Bonchev–Trinajstić information content (AvgIpc) is 3.00. The molecular weight excluding hydrogens is 280 g/mol. The molecule has 0 spiro atoms. The van der Waals surface area contributed by atoms with Gasteiger partial charge in [0, 0.05) is 22.9 Å². The van der Waals surface area contributed by atoms with Crippen molar-refractivity contribution in [3.63, 3.8) is 0 Å². The van der Waals surface area contributed by atoms with Gasteiger partial charge in [-0.25, -0.2) is 9.78 Å². The molecule has 1 aromatic carbocycles. The minimum atomic E-state index is -0.437. The summed E-state index contributed by atoms with van der Waals surface area (Å²) >= 11 is 0. The van der Waals surface area contributed by atoms with E-state index in [0.717, 1.165) is 16.7 Å². The topological polar surface area (TPSA) is 60.5 Å². The molecule has 1 N–H and O–H groups in total. The van der Waals surface area contributed by atoms with Gasteiger partial charge >= 0.3 is 6.09 Å². The molecule has 1 aliphatic rings. The van der Waals surface area contributed by atoms with E-state index in [9.17, 15) is 4.79 Å². The number of nitrogens with zero attached hydrogens (tertiary/aromatic N) is 1. The second-order valence-corrected chi connectivity index (χ2v) is 4.73. The zero-order chi connectivity index (χ0) is 15.4. The van der Waals surface area contributed by atoms with Crippen LogP contribution in [0.2, 0.25) is 0 Å². The minimum absolute atomic E-state index is 0.256. The summed E-state index contributed by atoms with van der Waals surface area (Å²) in [7, 11) is 1.54. The van der Waals surface area contributed by atoms with Crippen LogP contribution in [0.15, 0.2) is 42.6 Å². The highest BCUT2D eigenvalue weighted by molar-refractivity contribution is 5.70. The lowest BCUT2D eigenvalue weighted by Crippen LogP contribution is -2.19. The lowest BCUT2D eigenvalue weighted by atomic mass is 10.1. The van der Waals surface area contributed by atoms with E-state index in [1.807, 2.05) is 36.4 Å². The summed E-state index contributed by atoms with van der Waals surface area (Å²) in [5, 5.41) is 2.72. The number of rotatable bonds is 2. The molecule has 5 nitrogen and oxygen atoms in total. The Morgan fingerprint density at radius 3 is 2.73 bits per heavy atom.